The summed E-state index contributed by atoms with van der Waals surface area (Å²) in [4.78, 5) is 2.08. The first-order valence-corrected chi connectivity index (χ1v) is 4.14. The summed E-state index contributed by atoms with van der Waals surface area (Å²) in [6.45, 7) is 8.10. The van der Waals surface area contributed by atoms with Crippen LogP contribution >= 0.6 is 0 Å². The normalized spacial score (nSPS) is 14.1. The van der Waals surface area contributed by atoms with Crippen molar-refractivity contribution in [3.05, 3.63) is 0 Å². The van der Waals surface area contributed by atoms with Gasteiger partial charge in [0.1, 0.15) is 6.23 Å². The molecule has 0 rings (SSSR count). The van der Waals surface area contributed by atoms with Crippen LogP contribution in [0.15, 0.2) is 0 Å². The predicted octanol–water partition coefficient (Wildman–Crippen LogP) is 1.45. The van der Waals surface area contributed by atoms with Crippen LogP contribution in [-0.2, 0) is 0 Å². The van der Waals surface area contributed by atoms with Crippen molar-refractivity contribution in [1.82, 2.24) is 4.90 Å². The fourth-order valence-corrected chi connectivity index (χ4v) is 1.06. The van der Waals surface area contributed by atoms with Gasteiger partial charge in [0.05, 0.1) is 0 Å². The van der Waals surface area contributed by atoms with Gasteiger partial charge in [-0.05, 0) is 19.8 Å². The van der Waals surface area contributed by atoms with E-state index in [9.17, 15) is 5.11 Å². The molecule has 1 unspecified atom stereocenters. The fourth-order valence-electron chi connectivity index (χ4n) is 1.06. The first-order valence-electron chi connectivity index (χ1n) is 4.14. The highest BCUT2D eigenvalue weighted by atomic mass is 16.3. The van der Waals surface area contributed by atoms with Crippen LogP contribution in [0, 0.1) is 0 Å². The van der Waals surface area contributed by atoms with E-state index in [1.165, 1.54) is 0 Å². The maximum absolute atomic E-state index is 9.20. The zero-order valence-corrected chi connectivity index (χ0v) is 7.30. The molecular weight excluding hydrogens is 126 g/mol. The topological polar surface area (TPSA) is 23.5 Å². The minimum Gasteiger partial charge on any atom is -0.379 e. The molecule has 1 atom stereocenters. The lowest BCUT2D eigenvalue weighted by atomic mass is 10.3. The number of nitrogens with zero attached hydrogens (tertiary/aromatic N) is 1. The molecule has 2 heteroatoms. The molecule has 0 heterocycles. The number of rotatable bonds is 5. The Bertz CT molecular complexity index is 67.7. The first kappa shape index (κ1) is 9.92. The average Bonchev–Trinajstić information content (AvgIpc) is 1.87. The van der Waals surface area contributed by atoms with Crippen molar-refractivity contribution in [2.24, 2.45) is 0 Å². The largest absolute Gasteiger partial charge is 0.379 e. The van der Waals surface area contributed by atoms with Crippen LogP contribution in [0.4, 0.5) is 0 Å². The minimum absolute atomic E-state index is 0.278. The van der Waals surface area contributed by atoms with Crippen LogP contribution in [0.1, 0.15) is 33.6 Å². The monoisotopic (exact) mass is 145 g/mol. The van der Waals surface area contributed by atoms with Gasteiger partial charge in [-0.25, -0.2) is 0 Å². The van der Waals surface area contributed by atoms with Crippen molar-refractivity contribution >= 4 is 0 Å². The molecule has 0 spiro atoms. The van der Waals surface area contributed by atoms with Crippen molar-refractivity contribution < 1.29 is 5.11 Å². The molecule has 0 aromatic heterocycles. The molecule has 62 valence electrons. The van der Waals surface area contributed by atoms with Crippen molar-refractivity contribution in [3.63, 3.8) is 0 Å². The van der Waals surface area contributed by atoms with Crippen LogP contribution in [-0.4, -0.2) is 29.3 Å². The molecule has 0 aromatic carbocycles. The molecule has 0 aliphatic rings. The summed E-state index contributed by atoms with van der Waals surface area (Å²) in [6.07, 6.45) is 1.95. The van der Waals surface area contributed by atoms with Crippen LogP contribution in [0.25, 0.3) is 0 Å². The SMILES string of the molecule is CCCN(CCC)C(C)O. The van der Waals surface area contributed by atoms with Gasteiger partial charge < -0.3 is 5.11 Å². The number of aliphatic hydroxyl groups is 1. The zero-order valence-electron chi connectivity index (χ0n) is 7.30. The molecule has 0 saturated carbocycles. The van der Waals surface area contributed by atoms with E-state index >= 15 is 0 Å². The Morgan fingerprint density at radius 3 is 1.80 bits per heavy atom. The summed E-state index contributed by atoms with van der Waals surface area (Å²) in [5.41, 5.74) is 0. The van der Waals surface area contributed by atoms with Gasteiger partial charge >= 0.3 is 0 Å². The summed E-state index contributed by atoms with van der Waals surface area (Å²) in [7, 11) is 0. The molecule has 0 radical (unpaired) electrons. The minimum atomic E-state index is -0.278. The van der Waals surface area contributed by atoms with E-state index in [0.717, 1.165) is 25.9 Å². The third-order valence-corrected chi connectivity index (χ3v) is 1.55. The zero-order chi connectivity index (χ0) is 7.98. The lowest BCUT2D eigenvalue weighted by molar-refractivity contribution is 0.0188. The Hall–Kier alpha value is -0.0800. The van der Waals surface area contributed by atoms with Gasteiger partial charge in [0, 0.05) is 13.1 Å². The molecule has 0 saturated heterocycles. The molecule has 2 nitrogen and oxygen atoms in total. The van der Waals surface area contributed by atoms with E-state index < -0.39 is 0 Å². The summed E-state index contributed by atoms with van der Waals surface area (Å²) in [5, 5.41) is 9.20. The molecule has 0 fully saturated rings. The first-order chi connectivity index (χ1) is 4.72. The molecule has 1 N–H and O–H groups in total. The van der Waals surface area contributed by atoms with Gasteiger partial charge in [0.25, 0.3) is 0 Å². The summed E-state index contributed by atoms with van der Waals surface area (Å²) < 4.78 is 0. The van der Waals surface area contributed by atoms with Crippen LogP contribution in [0.5, 0.6) is 0 Å². The van der Waals surface area contributed by atoms with Gasteiger partial charge in [-0.15, -0.1) is 0 Å². The lowest BCUT2D eigenvalue weighted by Crippen LogP contribution is -2.34. The highest BCUT2D eigenvalue weighted by Gasteiger charge is 2.06. The van der Waals surface area contributed by atoms with E-state index in [0.29, 0.717) is 0 Å². The fraction of sp³-hybridized carbons (Fsp3) is 1.00. The number of hydrogen-bond donors (Lipinski definition) is 1. The highest BCUT2D eigenvalue weighted by Crippen LogP contribution is 1.97. The van der Waals surface area contributed by atoms with Crippen molar-refractivity contribution in [1.29, 1.82) is 0 Å². The van der Waals surface area contributed by atoms with Crippen LogP contribution < -0.4 is 0 Å². The van der Waals surface area contributed by atoms with E-state index in [1.54, 1.807) is 0 Å². The van der Waals surface area contributed by atoms with Crippen molar-refractivity contribution in [2.75, 3.05) is 13.1 Å². The second-order valence-corrected chi connectivity index (χ2v) is 2.67. The Balaban J connectivity index is 3.50. The van der Waals surface area contributed by atoms with E-state index in [1.807, 2.05) is 6.92 Å². The smallest absolute Gasteiger partial charge is 0.104 e. The van der Waals surface area contributed by atoms with Gasteiger partial charge in [0.15, 0.2) is 0 Å². The maximum atomic E-state index is 9.20. The molecule has 10 heavy (non-hydrogen) atoms. The number of hydrogen-bond acceptors (Lipinski definition) is 2. The van der Waals surface area contributed by atoms with Gasteiger partial charge in [-0.1, -0.05) is 13.8 Å². The third-order valence-electron chi connectivity index (χ3n) is 1.55. The highest BCUT2D eigenvalue weighted by molar-refractivity contribution is 4.55. The second kappa shape index (κ2) is 5.69. The summed E-state index contributed by atoms with van der Waals surface area (Å²) in [5.74, 6) is 0. The molecule has 0 aliphatic heterocycles. The van der Waals surface area contributed by atoms with Gasteiger partial charge in [0.2, 0.25) is 0 Å². The molecule has 0 aromatic rings. The average molecular weight is 145 g/mol. The van der Waals surface area contributed by atoms with E-state index in [-0.39, 0.29) is 6.23 Å². The summed E-state index contributed by atoms with van der Waals surface area (Å²) >= 11 is 0. The Kier molecular flexibility index (Phi) is 5.64. The van der Waals surface area contributed by atoms with Crippen molar-refractivity contribution in [3.8, 4) is 0 Å². The van der Waals surface area contributed by atoms with Crippen LogP contribution in [0.2, 0.25) is 0 Å². The van der Waals surface area contributed by atoms with Gasteiger partial charge in [-0.2, -0.15) is 0 Å². The molecule has 0 amide bonds. The Morgan fingerprint density at radius 1 is 1.20 bits per heavy atom. The quantitative estimate of drug-likeness (QED) is 0.592. The van der Waals surface area contributed by atoms with Crippen molar-refractivity contribution in [2.45, 2.75) is 39.8 Å². The maximum Gasteiger partial charge on any atom is 0.104 e. The van der Waals surface area contributed by atoms with Gasteiger partial charge in [-0.3, -0.25) is 4.90 Å². The van der Waals surface area contributed by atoms with Crippen LogP contribution in [0.3, 0.4) is 0 Å². The number of aliphatic hydroxyl groups excluding tert-OH is 1. The molecule has 0 bridgehead atoms. The third kappa shape index (κ3) is 3.85. The lowest BCUT2D eigenvalue weighted by Gasteiger charge is -2.23. The standard InChI is InChI=1S/C8H19NO/c1-4-6-9(7-5-2)8(3)10/h8,10H,4-7H2,1-3H3. The second-order valence-electron chi connectivity index (χ2n) is 2.67. The Morgan fingerprint density at radius 2 is 1.60 bits per heavy atom. The van der Waals surface area contributed by atoms with E-state index in [4.69, 9.17) is 0 Å². The van der Waals surface area contributed by atoms with E-state index in [2.05, 4.69) is 18.7 Å². The molecule has 0 aliphatic carbocycles. The Labute approximate surface area is 63.8 Å². The summed E-state index contributed by atoms with van der Waals surface area (Å²) in [6, 6.07) is 0. The predicted molar refractivity (Wildman–Crippen MR) is 43.8 cm³/mol. The molecular formula is C8H19NO.